The second-order valence-corrected chi connectivity index (χ2v) is 3.53. The average molecular weight is 185 g/mol. The van der Waals surface area contributed by atoms with Gasteiger partial charge in [0, 0.05) is 25.7 Å². The third kappa shape index (κ3) is 3.77. The van der Waals surface area contributed by atoms with Crippen LogP contribution < -0.4 is 5.32 Å². The molecule has 0 aromatic rings. The van der Waals surface area contributed by atoms with Crippen LogP contribution in [0.5, 0.6) is 0 Å². The van der Waals surface area contributed by atoms with Crippen LogP contribution in [-0.2, 0) is 9.53 Å². The zero-order valence-corrected chi connectivity index (χ0v) is 8.34. The van der Waals surface area contributed by atoms with E-state index in [1.165, 1.54) is 6.42 Å². The molecule has 1 aliphatic rings. The molecule has 0 aromatic carbocycles. The molecular formula is C10H19NO2. The molecule has 76 valence electrons. The van der Waals surface area contributed by atoms with E-state index in [2.05, 4.69) is 12.2 Å². The van der Waals surface area contributed by atoms with Gasteiger partial charge in [-0.05, 0) is 19.3 Å². The summed E-state index contributed by atoms with van der Waals surface area (Å²) in [5.74, 6) is 0.417. The summed E-state index contributed by atoms with van der Waals surface area (Å²) in [5, 5.41) is 2.83. The number of carbonyl (C=O) groups is 1. The fraction of sp³-hybridized carbons (Fsp3) is 0.900. The van der Waals surface area contributed by atoms with Crippen LogP contribution in [-0.4, -0.2) is 25.7 Å². The predicted molar refractivity (Wildman–Crippen MR) is 51.5 cm³/mol. The minimum absolute atomic E-state index is 0.207. The second kappa shape index (κ2) is 5.97. The van der Waals surface area contributed by atoms with E-state index in [1.54, 1.807) is 0 Å². The topological polar surface area (TPSA) is 38.3 Å². The fourth-order valence-electron chi connectivity index (χ4n) is 1.49. The minimum atomic E-state index is 0.207. The first kappa shape index (κ1) is 10.5. The van der Waals surface area contributed by atoms with E-state index in [4.69, 9.17) is 4.74 Å². The molecule has 0 saturated carbocycles. The summed E-state index contributed by atoms with van der Waals surface area (Å²) >= 11 is 0. The lowest BCUT2D eigenvalue weighted by atomic mass is 10.1. The molecule has 1 unspecified atom stereocenters. The van der Waals surface area contributed by atoms with Gasteiger partial charge in [0.05, 0.1) is 0 Å². The molecule has 3 nitrogen and oxygen atoms in total. The van der Waals surface area contributed by atoms with Crippen molar-refractivity contribution in [2.75, 3.05) is 19.8 Å². The maximum absolute atomic E-state index is 11.1. The lowest BCUT2D eigenvalue weighted by molar-refractivity contribution is -0.122. The highest BCUT2D eigenvalue weighted by molar-refractivity contribution is 5.80. The van der Waals surface area contributed by atoms with Crippen LogP contribution in [0.25, 0.3) is 0 Å². The molecule has 3 heteroatoms. The molecule has 0 aliphatic carbocycles. The van der Waals surface area contributed by atoms with Crippen molar-refractivity contribution in [1.29, 1.82) is 0 Å². The Hall–Kier alpha value is -0.570. The Kier molecular flexibility index (Phi) is 4.83. The highest BCUT2D eigenvalue weighted by atomic mass is 16.5. The number of amides is 1. The van der Waals surface area contributed by atoms with Gasteiger partial charge in [0.25, 0.3) is 0 Å². The molecule has 1 rings (SSSR count). The molecule has 1 amide bonds. The first-order valence-corrected chi connectivity index (χ1v) is 5.20. The van der Waals surface area contributed by atoms with Crippen molar-refractivity contribution in [2.45, 2.75) is 32.6 Å². The third-order valence-corrected chi connectivity index (χ3v) is 2.42. The highest BCUT2D eigenvalue weighted by Crippen LogP contribution is 2.13. The van der Waals surface area contributed by atoms with E-state index in [1.807, 2.05) is 0 Å². The summed E-state index contributed by atoms with van der Waals surface area (Å²) in [6.45, 7) is 4.56. The van der Waals surface area contributed by atoms with Crippen LogP contribution in [0.3, 0.4) is 0 Å². The number of ether oxygens (including phenoxy) is 1. The van der Waals surface area contributed by atoms with Gasteiger partial charge in [-0.3, -0.25) is 4.79 Å². The normalized spacial score (nSPS) is 21.9. The minimum Gasteiger partial charge on any atom is -0.381 e. The first-order chi connectivity index (χ1) is 6.34. The Morgan fingerprint density at radius 1 is 1.54 bits per heavy atom. The van der Waals surface area contributed by atoms with Gasteiger partial charge in [-0.25, -0.2) is 0 Å². The van der Waals surface area contributed by atoms with Crippen LogP contribution in [0.1, 0.15) is 32.6 Å². The standard InChI is InChI=1S/C10H19NO2/c1-2-3-7-13-8-5-9-4-6-11-10(9)12/h9H,2-8H2,1H3,(H,11,12). The Labute approximate surface area is 79.8 Å². The molecule has 1 saturated heterocycles. The van der Waals surface area contributed by atoms with Gasteiger partial charge in [0.1, 0.15) is 0 Å². The molecule has 0 spiro atoms. The zero-order valence-electron chi connectivity index (χ0n) is 8.34. The quantitative estimate of drug-likeness (QED) is 0.634. The van der Waals surface area contributed by atoms with E-state index in [0.717, 1.165) is 39.0 Å². The van der Waals surface area contributed by atoms with Crippen molar-refractivity contribution in [1.82, 2.24) is 5.32 Å². The maximum atomic E-state index is 11.1. The number of unbranched alkanes of at least 4 members (excludes halogenated alkanes) is 1. The summed E-state index contributed by atoms with van der Waals surface area (Å²) < 4.78 is 5.40. The Morgan fingerprint density at radius 3 is 3.00 bits per heavy atom. The van der Waals surface area contributed by atoms with Crippen molar-refractivity contribution < 1.29 is 9.53 Å². The average Bonchev–Trinajstić information content (AvgIpc) is 2.52. The number of hydrogen-bond donors (Lipinski definition) is 1. The summed E-state index contributed by atoms with van der Waals surface area (Å²) in [4.78, 5) is 11.1. The van der Waals surface area contributed by atoms with Gasteiger partial charge in [0.2, 0.25) is 5.91 Å². The van der Waals surface area contributed by atoms with Gasteiger partial charge in [-0.15, -0.1) is 0 Å². The van der Waals surface area contributed by atoms with Crippen LogP contribution in [0, 0.1) is 5.92 Å². The van der Waals surface area contributed by atoms with Crippen molar-refractivity contribution in [2.24, 2.45) is 5.92 Å². The SMILES string of the molecule is CCCCOCCC1CCNC1=O. The van der Waals surface area contributed by atoms with E-state index < -0.39 is 0 Å². The molecule has 1 fully saturated rings. The lowest BCUT2D eigenvalue weighted by Gasteiger charge is -2.06. The van der Waals surface area contributed by atoms with Crippen LogP contribution in [0.4, 0.5) is 0 Å². The number of nitrogens with one attached hydrogen (secondary N) is 1. The number of hydrogen-bond acceptors (Lipinski definition) is 2. The van der Waals surface area contributed by atoms with E-state index in [0.29, 0.717) is 0 Å². The van der Waals surface area contributed by atoms with E-state index in [-0.39, 0.29) is 11.8 Å². The zero-order chi connectivity index (χ0) is 9.52. The Morgan fingerprint density at radius 2 is 2.38 bits per heavy atom. The van der Waals surface area contributed by atoms with Crippen LogP contribution >= 0.6 is 0 Å². The number of carbonyl (C=O) groups excluding carboxylic acids is 1. The first-order valence-electron chi connectivity index (χ1n) is 5.20. The number of rotatable bonds is 6. The lowest BCUT2D eigenvalue weighted by Crippen LogP contribution is -2.20. The van der Waals surface area contributed by atoms with Gasteiger partial charge < -0.3 is 10.1 Å². The largest absolute Gasteiger partial charge is 0.381 e. The summed E-state index contributed by atoms with van der Waals surface area (Å²) in [5.41, 5.74) is 0. The summed E-state index contributed by atoms with van der Waals surface area (Å²) in [6.07, 6.45) is 4.16. The molecule has 1 aliphatic heterocycles. The molecule has 1 N–H and O–H groups in total. The summed E-state index contributed by atoms with van der Waals surface area (Å²) in [6, 6.07) is 0. The Bertz CT molecular complexity index is 159. The van der Waals surface area contributed by atoms with Crippen molar-refractivity contribution in [3.63, 3.8) is 0 Å². The maximum Gasteiger partial charge on any atom is 0.223 e. The molecule has 1 atom stereocenters. The monoisotopic (exact) mass is 185 g/mol. The van der Waals surface area contributed by atoms with Crippen molar-refractivity contribution >= 4 is 5.91 Å². The van der Waals surface area contributed by atoms with Crippen LogP contribution in [0.15, 0.2) is 0 Å². The fourth-order valence-corrected chi connectivity index (χ4v) is 1.49. The van der Waals surface area contributed by atoms with Crippen LogP contribution in [0.2, 0.25) is 0 Å². The molecule has 0 aromatic heterocycles. The van der Waals surface area contributed by atoms with E-state index >= 15 is 0 Å². The second-order valence-electron chi connectivity index (χ2n) is 3.53. The molecule has 0 radical (unpaired) electrons. The van der Waals surface area contributed by atoms with Crippen molar-refractivity contribution in [3.05, 3.63) is 0 Å². The van der Waals surface area contributed by atoms with Crippen molar-refractivity contribution in [3.8, 4) is 0 Å². The highest BCUT2D eigenvalue weighted by Gasteiger charge is 2.23. The van der Waals surface area contributed by atoms with Gasteiger partial charge in [0.15, 0.2) is 0 Å². The predicted octanol–water partition coefficient (Wildman–Crippen LogP) is 1.33. The van der Waals surface area contributed by atoms with Gasteiger partial charge in [-0.2, -0.15) is 0 Å². The Balaban J connectivity index is 1.96. The van der Waals surface area contributed by atoms with E-state index in [9.17, 15) is 4.79 Å². The molecule has 13 heavy (non-hydrogen) atoms. The molecule has 1 heterocycles. The molecule has 0 bridgehead atoms. The smallest absolute Gasteiger partial charge is 0.223 e. The third-order valence-electron chi connectivity index (χ3n) is 2.42. The molecular weight excluding hydrogens is 166 g/mol. The summed E-state index contributed by atoms with van der Waals surface area (Å²) in [7, 11) is 0. The van der Waals surface area contributed by atoms with Gasteiger partial charge >= 0.3 is 0 Å². The van der Waals surface area contributed by atoms with Gasteiger partial charge in [-0.1, -0.05) is 13.3 Å².